The highest BCUT2D eigenvalue weighted by Gasteiger charge is 2.36. The molecule has 0 saturated carbocycles. The van der Waals surface area contributed by atoms with Gasteiger partial charge in [-0.2, -0.15) is 12.6 Å². The van der Waals surface area contributed by atoms with Gasteiger partial charge in [-0.15, -0.1) is 0 Å². The molecule has 0 saturated heterocycles. The minimum atomic E-state index is -0.758. The Morgan fingerprint density at radius 2 is 1.91 bits per heavy atom. The van der Waals surface area contributed by atoms with Gasteiger partial charge >= 0.3 is 12.1 Å². The van der Waals surface area contributed by atoms with E-state index in [0.29, 0.717) is 34.9 Å². The van der Waals surface area contributed by atoms with E-state index in [1.165, 1.54) is 0 Å². The van der Waals surface area contributed by atoms with Crippen LogP contribution in [0.15, 0.2) is 42.5 Å². The van der Waals surface area contributed by atoms with Gasteiger partial charge in [-0.3, -0.25) is 10.1 Å². The van der Waals surface area contributed by atoms with Crippen LogP contribution in [0.5, 0.6) is 17.2 Å². The highest BCUT2D eigenvalue weighted by molar-refractivity contribution is 7.81. The SMILES string of the molecule is CC(C)(CCOC(=O)CS)[C@H](OC(=O)Nc1ccc2c(c1)OCO2)c1ccccc1OCCO. The lowest BCUT2D eigenvalue weighted by atomic mass is 9.79. The van der Waals surface area contributed by atoms with Gasteiger partial charge in [0.05, 0.1) is 19.0 Å². The molecule has 1 heterocycles. The van der Waals surface area contributed by atoms with Crippen LogP contribution < -0.4 is 19.5 Å². The molecule has 0 aliphatic carbocycles. The van der Waals surface area contributed by atoms with Gasteiger partial charge in [-0.1, -0.05) is 32.0 Å². The number of aliphatic hydroxyl groups excluding tert-OH is 1. The number of hydrogen-bond acceptors (Lipinski definition) is 9. The molecule has 2 N–H and O–H groups in total. The van der Waals surface area contributed by atoms with E-state index in [2.05, 4.69) is 17.9 Å². The van der Waals surface area contributed by atoms with Crippen molar-refractivity contribution in [3.63, 3.8) is 0 Å². The second-order valence-electron chi connectivity index (χ2n) is 8.21. The Morgan fingerprint density at radius 1 is 1.15 bits per heavy atom. The molecule has 0 spiro atoms. The Balaban J connectivity index is 1.81. The van der Waals surface area contributed by atoms with Crippen molar-refractivity contribution in [2.24, 2.45) is 5.41 Å². The normalized spacial score (nSPS) is 13.2. The van der Waals surface area contributed by atoms with Crippen LogP contribution in [0, 0.1) is 5.41 Å². The first-order chi connectivity index (χ1) is 16.3. The number of rotatable bonds is 11. The Kier molecular flexibility index (Phi) is 8.89. The largest absolute Gasteiger partial charge is 0.491 e. The van der Waals surface area contributed by atoms with Gasteiger partial charge < -0.3 is 28.8 Å². The van der Waals surface area contributed by atoms with Gasteiger partial charge in [0.15, 0.2) is 11.5 Å². The van der Waals surface area contributed by atoms with Gasteiger partial charge in [0.2, 0.25) is 6.79 Å². The summed E-state index contributed by atoms with van der Waals surface area (Å²) in [7, 11) is 0. The molecular formula is C24H29NO8S. The quantitative estimate of drug-likeness (QED) is 0.320. The number of para-hydroxylation sites is 1. The number of benzene rings is 2. The third kappa shape index (κ3) is 6.71. The number of aliphatic hydroxyl groups is 1. The van der Waals surface area contributed by atoms with E-state index in [4.69, 9.17) is 23.7 Å². The summed E-state index contributed by atoms with van der Waals surface area (Å²) >= 11 is 3.92. The number of hydrogen-bond donors (Lipinski definition) is 3. The summed E-state index contributed by atoms with van der Waals surface area (Å²) in [5, 5.41) is 11.9. The van der Waals surface area contributed by atoms with Crippen molar-refractivity contribution in [2.75, 3.05) is 37.7 Å². The van der Waals surface area contributed by atoms with Crippen LogP contribution in [0.25, 0.3) is 0 Å². The maximum absolute atomic E-state index is 12.9. The summed E-state index contributed by atoms with van der Waals surface area (Å²) in [6, 6.07) is 12.2. The van der Waals surface area contributed by atoms with Crippen molar-refractivity contribution in [2.45, 2.75) is 26.4 Å². The van der Waals surface area contributed by atoms with Crippen LogP contribution in [0.3, 0.4) is 0 Å². The number of carbonyl (C=O) groups excluding carboxylic acids is 2. The third-order valence-corrected chi connectivity index (χ3v) is 5.50. The summed E-state index contributed by atoms with van der Waals surface area (Å²) in [5.41, 5.74) is 0.461. The minimum absolute atomic E-state index is 0.0177. The van der Waals surface area contributed by atoms with Gasteiger partial charge in [0.1, 0.15) is 18.5 Å². The van der Waals surface area contributed by atoms with Crippen molar-refractivity contribution < 1.29 is 38.4 Å². The first-order valence-electron chi connectivity index (χ1n) is 10.8. The summed E-state index contributed by atoms with van der Waals surface area (Å²) < 4.78 is 27.4. The molecule has 1 aliphatic heterocycles. The molecule has 0 radical (unpaired) electrons. The molecule has 1 amide bonds. The van der Waals surface area contributed by atoms with Gasteiger partial charge in [0, 0.05) is 22.7 Å². The zero-order valence-corrected chi connectivity index (χ0v) is 20.0. The fourth-order valence-corrected chi connectivity index (χ4v) is 3.55. The molecule has 34 heavy (non-hydrogen) atoms. The van der Waals surface area contributed by atoms with Crippen LogP contribution in [0.4, 0.5) is 10.5 Å². The summed E-state index contributed by atoms with van der Waals surface area (Å²) in [5.74, 6) is 1.17. The van der Waals surface area contributed by atoms with E-state index in [-0.39, 0.29) is 32.4 Å². The number of carbonyl (C=O) groups is 2. The smallest absolute Gasteiger partial charge is 0.412 e. The summed E-state index contributed by atoms with van der Waals surface area (Å²) in [6.45, 7) is 4.00. The van der Waals surface area contributed by atoms with E-state index in [1.807, 2.05) is 19.9 Å². The van der Waals surface area contributed by atoms with Gasteiger partial charge in [-0.25, -0.2) is 4.79 Å². The van der Waals surface area contributed by atoms with E-state index >= 15 is 0 Å². The number of ether oxygens (including phenoxy) is 5. The number of nitrogens with one attached hydrogen (secondary N) is 1. The van der Waals surface area contributed by atoms with Crippen molar-refractivity contribution >= 4 is 30.4 Å². The first-order valence-corrected chi connectivity index (χ1v) is 11.4. The second-order valence-corrected chi connectivity index (χ2v) is 8.52. The predicted octanol–water partition coefficient (Wildman–Crippen LogP) is 3.97. The summed E-state index contributed by atoms with van der Waals surface area (Å²) in [6.07, 6.45) is -1.03. The summed E-state index contributed by atoms with van der Waals surface area (Å²) in [4.78, 5) is 24.4. The Bertz CT molecular complexity index is 997. The molecular weight excluding hydrogens is 462 g/mol. The molecule has 2 aromatic carbocycles. The lowest BCUT2D eigenvalue weighted by Crippen LogP contribution is -2.31. The van der Waals surface area contributed by atoms with Gasteiger partial charge in [0.25, 0.3) is 0 Å². The number of amides is 1. The standard InChI is InChI=1S/C24H29NO8S/c1-24(2,9-11-30-21(27)14-34)22(17-5-3-4-6-18(17)29-12-10-26)33-23(28)25-16-7-8-19-20(13-16)32-15-31-19/h3-8,13,22,26,34H,9-12,14-15H2,1-2H3,(H,25,28)/t22-/m1/s1. The van der Waals surface area contributed by atoms with Crippen molar-refractivity contribution in [1.29, 1.82) is 0 Å². The van der Waals surface area contributed by atoms with Gasteiger partial charge in [-0.05, 0) is 24.6 Å². The highest BCUT2D eigenvalue weighted by atomic mass is 32.1. The van der Waals surface area contributed by atoms with E-state index in [1.54, 1.807) is 36.4 Å². The zero-order chi connectivity index (χ0) is 24.6. The van der Waals surface area contributed by atoms with Crippen LogP contribution >= 0.6 is 12.6 Å². The Morgan fingerprint density at radius 3 is 2.68 bits per heavy atom. The average Bonchev–Trinajstić information content (AvgIpc) is 3.29. The highest BCUT2D eigenvalue weighted by Crippen LogP contribution is 2.43. The van der Waals surface area contributed by atoms with Crippen molar-refractivity contribution in [3.05, 3.63) is 48.0 Å². The fourth-order valence-electron chi connectivity index (χ4n) is 3.46. The lowest BCUT2D eigenvalue weighted by Gasteiger charge is -2.34. The van der Waals surface area contributed by atoms with Crippen molar-refractivity contribution in [3.8, 4) is 17.2 Å². The Labute approximate surface area is 203 Å². The molecule has 0 fully saturated rings. The molecule has 1 aliphatic rings. The average molecular weight is 492 g/mol. The molecule has 10 heteroatoms. The Hall–Kier alpha value is -3.11. The molecule has 1 atom stereocenters. The third-order valence-electron chi connectivity index (χ3n) is 5.24. The molecule has 9 nitrogen and oxygen atoms in total. The zero-order valence-electron chi connectivity index (χ0n) is 19.1. The number of thiol groups is 1. The van der Waals surface area contributed by atoms with Crippen LogP contribution in [-0.2, 0) is 14.3 Å². The molecule has 0 bridgehead atoms. The van der Waals surface area contributed by atoms with Crippen LogP contribution in [0.2, 0.25) is 0 Å². The number of anilines is 1. The van der Waals surface area contributed by atoms with Crippen molar-refractivity contribution in [1.82, 2.24) is 0 Å². The molecule has 0 unspecified atom stereocenters. The molecule has 3 rings (SSSR count). The van der Waals surface area contributed by atoms with E-state index < -0.39 is 23.6 Å². The van der Waals surface area contributed by atoms with Crippen LogP contribution in [0.1, 0.15) is 31.9 Å². The molecule has 2 aromatic rings. The minimum Gasteiger partial charge on any atom is -0.491 e. The topological polar surface area (TPSA) is 113 Å². The predicted molar refractivity (Wildman–Crippen MR) is 128 cm³/mol. The maximum atomic E-state index is 12.9. The monoisotopic (exact) mass is 491 g/mol. The molecule has 0 aromatic heterocycles. The fraction of sp³-hybridized carbons (Fsp3) is 0.417. The number of fused-ring (bicyclic) bond motifs is 1. The second kappa shape index (κ2) is 11.8. The lowest BCUT2D eigenvalue weighted by molar-refractivity contribution is -0.141. The van der Waals surface area contributed by atoms with Crippen LogP contribution in [-0.4, -0.2) is 49.5 Å². The van der Waals surface area contributed by atoms with E-state index in [9.17, 15) is 14.7 Å². The number of esters is 1. The first kappa shape index (κ1) is 25.5. The van der Waals surface area contributed by atoms with E-state index in [0.717, 1.165) is 0 Å². The molecule has 184 valence electrons. The maximum Gasteiger partial charge on any atom is 0.412 e.